The number of pyridine rings is 1. The molecule has 2 N–H and O–H groups in total. The standard InChI is InChI=1S/C15H11N3O2S/c19-12-5-3-11(4-6-12)17-15-18-14(20)13(21-15)8-10-2-1-7-16-9-10/h1-9,19H,(H,17,18,20). The number of nitrogens with one attached hydrogen (secondary N) is 1. The number of benzene rings is 1. The fraction of sp³-hybridized carbons (Fsp3) is 0. The van der Waals surface area contributed by atoms with Gasteiger partial charge in [-0.3, -0.25) is 9.78 Å². The van der Waals surface area contributed by atoms with Gasteiger partial charge in [0.25, 0.3) is 5.91 Å². The summed E-state index contributed by atoms with van der Waals surface area (Å²) in [5.41, 5.74) is 1.53. The first kappa shape index (κ1) is 13.4. The molecule has 0 aliphatic carbocycles. The minimum absolute atomic E-state index is 0.179. The molecule has 104 valence electrons. The minimum atomic E-state index is -0.179. The van der Waals surface area contributed by atoms with Crippen LogP contribution in [0.1, 0.15) is 5.56 Å². The zero-order valence-electron chi connectivity index (χ0n) is 10.9. The molecular formula is C15H11N3O2S. The average molecular weight is 297 g/mol. The normalized spacial score (nSPS) is 18.2. The number of phenolic OH excluding ortho intramolecular Hbond substituents is 1. The number of carbonyl (C=O) groups is 1. The fourth-order valence-corrected chi connectivity index (χ4v) is 2.58. The zero-order chi connectivity index (χ0) is 14.7. The van der Waals surface area contributed by atoms with E-state index in [2.05, 4.69) is 15.3 Å². The molecule has 1 aliphatic heterocycles. The Kier molecular flexibility index (Phi) is 3.70. The molecule has 0 spiro atoms. The van der Waals surface area contributed by atoms with Crippen LogP contribution in [-0.4, -0.2) is 21.2 Å². The van der Waals surface area contributed by atoms with Crippen molar-refractivity contribution in [3.05, 3.63) is 59.3 Å². The number of amidine groups is 1. The number of amides is 1. The zero-order valence-corrected chi connectivity index (χ0v) is 11.7. The lowest BCUT2D eigenvalue weighted by Crippen LogP contribution is -2.19. The summed E-state index contributed by atoms with van der Waals surface area (Å²) in [7, 11) is 0. The summed E-state index contributed by atoms with van der Waals surface area (Å²) in [6.45, 7) is 0. The molecule has 5 nitrogen and oxygen atoms in total. The Bertz CT molecular complexity index is 724. The van der Waals surface area contributed by atoms with Crippen molar-refractivity contribution in [3.8, 4) is 5.75 Å². The molecule has 0 unspecified atom stereocenters. The van der Waals surface area contributed by atoms with E-state index in [1.165, 1.54) is 11.8 Å². The molecular weight excluding hydrogens is 286 g/mol. The van der Waals surface area contributed by atoms with Crippen LogP contribution in [0.4, 0.5) is 5.69 Å². The summed E-state index contributed by atoms with van der Waals surface area (Å²) < 4.78 is 0. The highest BCUT2D eigenvalue weighted by atomic mass is 32.2. The lowest BCUT2D eigenvalue weighted by molar-refractivity contribution is -0.115. The summed E-state index contributed by atoms with van der Waals surface area (Å²) in [5, 5.41) is 12.5. The van der Waals surface area contributed by atoms with Crippen molar-refractivity contribution in [2.24, 2.45) is 4.99 Å². The average Bonchev–Trinajstić information content (AvgIpc) is 2.82. The van der Waals surface area contributed by atoms with Crippen LogP contribution in [0.3, 0.4) is 0 Å². The smallest absolute Gasteiger partial charge is 0.264 e. The predicted molar refractivity (Wildman–Crippen MR) is 83.1 cm³/mol. The molecule has 21 heavy (non-hydrogen) atoms. The lowest BCUT2D eigenvalue weighted by Gasteiger charge is -1.96. The molecule has 0 atom stereocenters. The SMILES string of the molecule is O=C1NC(=Nc2ccc(O)cc2)SC1=Cc1cccnc1. The highest BCUT2D eigenvalue weighted by Crippen LogP contribution is 2.28. The molecule has 1 aromatic carbocycles. The van der Waals surface area contributed by atoms with Crippen molar-refractivity contribution < 1.29 is 9.90 Å². The molecule has 1 aromatic heterocycles. The van der Waals surface area contributed by atoms with Crippen LogP contribution in [-0.2, 0) is 4.79 Å². The largest absolute Gasteiger partial charge is 0.508 e. The van der Waals surface area contributed by atoms with Crippen LogP contribution in [0.25, 0.3) is 6.08 Å². The minimum Gasteiger partial charge on any atom is -0.508 e. The molecule has 2 heterocycles. The second-order valence-electron chi connectivity index (χ2n) is 4.28. The van der Waals surface area contributed by atoms with Gasteiger partial charge in [-0.2, -0.15) is 0 Å². The number of hydrogen-bond acceptors (Lipinski definition) is 5. The first-order valence-corrected chi connectivity index (χ1v) is 7.01. The number of aromatic nitrogens is 1. The number of phenols is 1. The Labute approximate surface area is 125 Å². The van der Waals surface area contributed by atoms with Gasteiger partial charge >= 0.3 is 0 Å². The van der Waals surface area contributed by atoms with Crippen molar-refractivity contribution in [2.75, 3.05) is 0 Å². The monoisotopic (exact) mass is 297 g/mol. The number of aliphatic imine (C=N–C) groups is 1. The number of thioether (sulfide) groups is 1. The number of nitrogens with zero attached hydrogens (tertiary/aromatic N) is 2. The lowest BCUT2D eigenvalue weighted by atomic mass is 10.2. The van der Waals surface area contributed by atoms with E-state index >= 15 is 0 Å². The van der Waals surface area contributed by atoms with E-state index in [-0.39, 0.29) is 11.7 Å². The van der Waals surface area contributed by atoms with E-state index in [9.17, 15) is 9.90 Å². The fourth-order valence-electron chi connectivity index (χ4n) is 1.74. The molecule has 1 aliphatic rings. The second-order valence-corrected chi connectivity index (χ2v) is 5.32. The van der Waals surface area contributed by atoms with Gasteiger partial charge in [0.1, 0.15) is 5.75 Å². The number of carbonyl (C=O) groups excluding carboxylic acids is 1. The van der Waals surface area contributed by atoms with Gasteiger partial charge in [0.05, 0.1) is 10.6 Å². The maximum atomic E-state index is 11.9. The molecule has 1 saturated heterocycles. The summed E-state index contributed by atoms with van der Waals surface area (Å²) in [5.74, 6) is 0.000560. The van der Waals surface area contributed by atoms with Gasteiger partial charge in [-0.25, -0.2) is 4.99 Å². The van der Waals surface area contributed by atoms with Crippen molar-refractivity contribution in [1.82, 2.24) is 10.3 Å². The van der Waals surface area contributed by atoms with Gasteiger partial charge in [-0.15, -0.1) is 0 Å². The van der Waals surface area contributed by atoms with Crippen LogP contribution in [0, 0.1) is 0 Å². The third-order valence-corrected chi connectivity index (χ3v) is 3.62. The Morgan fingerprint density at radius 2 is 2.05 bits per heavy atom. The number of aromatic hydroxyl groups is 1. The van der Waals surface area contributed by atoms with Gasteiger partial charge in [0, 0.05) is 12.4 Å². The second kappa shape index (κ2) is 5.80. The maximum Gasteiger partial charge on any atom is 0.264 e. The Morgan fingerprint density at radius 3 is 2.76 bits per heavy atom. The Balaban J connectivity index is 1.81. The third kappa shape index (κ3) is 3.29. The quantitative estimate of drug-likeness (QED) is 0.836. The molecule has 1 amide bonds. The highest BCUT2D eigenvalue weighted by molar-refractivity contribution is 8.18. The number of rotatable bonds is 2. The van der Waals surface area contributed by atoms with Crippen molar-refractivity contribution in [3.63, 3.8) is 0 Å². The predicted octanol–water partition coefficient (Wildman–Crippen LogP) is 2.68. The summed E-state index contributed by atoms with van der Waals surface area (Å²) in [6, 6.07) is 10.1. The van der Waals surface area contributed by atoms with Gasteiger partial charge < -0.3 is 10.4 Å². The van der Waals surface area contributed by atoms with Crippen LogP contribution in [0.5, 0.6) is 5.75 Å². The van der Waals surface area contributed by atoms with Crippen molar-refractivity contribution in [1.29, 1.82) is 0 Å². The van der Waals surface area contributed by atoms with Gasteiger partial charge in [-0.1, -0.05) is 6.07 Å². The van der Waals surface area contributed by atoms with Crippen molar-refractivity contribution >= 4 is 34.6 Å². The maximum absolute atomic E-state index is 11.9. The molecule has 0 radical (unpaired) electrons. The van der Waals surface area contributed by atoms with Crippen LogP contribution < -0.4 is 5.32 Å². The van der Waals surface area contributed by atoms with E-state index in [1.807, 2.05) is 12.1 Å². The van der Waals surface area contributed by atoms with Crippen LogP contribution in [0.2, 0.25) is 0 Å². The van der Waals surface area contributed by atoms with Gasteiger partial charge in [0.15, 0.2) is 5.17 Å². The van der Waals surface area contributed by atoms with Gasteiger partial charge in [-0.05, 0) is 53.7 Å². The number of hydrogen-bond donors (Lipinski definition) is 2. The Hall–Kier alpha value is -2.60. The molecule has 0 bridgehead atoms. The van der Waals surface area contributed by atoms with Crippen LogP contribution in [0.15, 0.2) is 58.7 Å². The molecule has 3 rings (SSSR count). The van der Waals surface area contributed by atoms with E-state index < -0.39 is 0 Å². The van der Waals surface area contributed by atoms with Crippen molar-refractivity contribution in [2.45, 2.75) is 0 Å². The van der Waals surface area contributed by atoms with E-state index in [4.69, 9.17) is 0 Å². The van der Waals surface area contributed by atoms with E-state index in [1.54, 1.807) is 42.7 Å². The topological polar surface area (TPSA) is 74.6 Å². The molecule has 2 aromatic rings. The summed E-state index contributed by atoms with van der Waals surface area (Å²) in [6.07, 6.45) is 5.14. The highest BCUT2D eigenvalue weighted by Gasteiger charge is 2.23. The molecule has 1 fully saturated rings. The summed E-state index contributed by atoms with van der Waals surface area (Å²) in [4.78, 5) is 20.8. The molecule has 0 saturated carbocycles. The van der Waals surface area contributed by atoms with E-state index in [0.29, 0.717) is 15.8 Å². The molecule has 6 heteroatoms. The summed E-state index contributed by atoms with van der Waals surface area (Å²) >= 11 is 1.27. The first-order valence-electron chi connectivity index (χ1n) is 6.19. The van der Waals surface area contributed by atoms with Gasteiger partial charge in [0.2, 0.25) is 0 Å². The van der Waals surface area contributed by atoms with Crippen LogP contribution >= 0.6 is 11.8 Å². The third-order valence-electron chi connectivity index (χ3n) is 2.71. The van der Waals surface area contributed by atoms with E-state index in [0.717, 1.165) is 5.56 Å². The Morgan fingerprint density at radius 1 is 1.24 bits per heavy atom. The first-order chi connectivity index (χ1) is 10.2.